The molecule has 20 heavy (non-hydrogen) atoms. The predicted molar refractivity (Wildman–Crippen MR) is 83.0 cm³/mol. The number of hydrogen-bond acceptors (Lipinski definition) is 4. The lowest BCUT2D eigenvalue weighted by Gasteiger charge is -2.19. The van der Waals surface area contributed by atoms with E-state index in [1.165, 1.54) is 0 Å². The molecule has 1 aromatic carbocycles. The fourth-order valence-corrected chi connectivity index (χ4v) is 2.66. The molecule has 5 heteroatoms. The molecule has 0 aliphatic heterocycles. The topological polar surface area (TPSA) is 55.4 Å². The molecule has 1 N–H and O–H groups in total. The van der Waals surface area contributed by atoms with Crippen molar-refractivity contribution in [3.8, 4) is 5.75 Å². The molecular formula is C15H25NO3S. The highest BCUT2D eigenvalue weighted by molar-refractivity contribution is 7.92. The van der Waals surface area contributed by atoms with Crippen LogP contribution in [0.1, 0.15) is 31.9 Å². The van der Waals surface area contributed by atoms with E-state index in [-0.39, 0.29) is 12.4 Å². The molecule has 1 aromatic rings. The van der Waals surface area contributed by atoms with Crippen LogP contribution in [0.2, 0.25) is 0 Å². The molecule has 0 radical (unpaired) electrons. The van der Waals surface area contributed by atoms with Gasteiger partial charge in [0.05, 0.1) is 10.5 Å². The Balaban J connectivity index is 2.72. The van der Waals surface area contributed by atoms with Gasteiger partial charge in [0, 0.05) is 12.1 Å². The van der Waals surface area contributed by atoms with Crippen LogP contribution in [-0.2, 0) is 16.4 Å². The van der Waals surface area contributed by atoms with Gasteiger partial charge in [0.2, 0.25) is 0 Å². The summed E-state index contributed by atoms with van der Waals surface area (Å²) in [5.74, 6) is 0.776. The van der Waals surface area contributed by atoms with Gasteiger partial charge < -0.3 is 10.1 Å². The van der Waals surface area contributed by atoms with E-state index in [0.29, 0.717) is 6.54 Å². The maximum absolute atomic E-state index is 12.0. The van der Waals surface area contributed by atoms with E-state index in [2.05, 4.69) is 5.32 Å². The second-order valence-electron chi connectivity index (χ2n) is 5.92. The maximum Gasteiger partial charge on any atom is 0.158 e. The summed E-state index contributed by atoms with van der Waals surface area (Å²) < 4.78 is 28.9. The van der Waals surface area contributed by atoms with Crippen LogP contribution < -0.4 is 10.1 Å². The van der Waals surface area contributed by atoms with Crippen LogP contribution in [0.5, 0.6) is 5.75 Å². The average Bonchev–Trinajstić information content (AvgIpc) is 2.30. The lowest BCUT2D eigenvalue weighted by atomic mass is 10.1. The van der Waals surface area contributed by atoms with Crippen LogP contribution >= 0.6 is 0 Å². The van der Waals surface area contributed by atoms with E-state index in [9.17, 15) is 8.42 Å². The van der Waals surface area contributed by atoms with Crippen molar-refractivity contribution in [2.45, 2.75) is 39.0 Å². The van der Waals surface area contributed by atoms with Crippen molar-refractivity contribution in [3.63, 3.8) is 0 Å². The van der Waals surface area contributed by atoms with E-state index in [1.807, 2.05) is 32.2 Å². The lowest BCUT2D eigenvalue weighted by Crippen LogP contribution is -2.32. The number of ether oxygens (including phenoxy) is 1. The summed E-state index contributed by atoms with van der Waals surface area (Å²) >= 11 is 0. The van der Waals surface area contributed by atoms with Gasteiger partial charge in [0.1, 0.15) is 12.4 Å². The van der Waals surface area contributed by atoms with Crippen LogP contribution in [-0.4, -0.2) is 32.6 Å². The molecule has 4 nitrogen and oxygen atoms in total. The minimum Gasteiger partial charge on any atom is -0.492 e. The van der Waals surface area contributed by atoms with Crippen molar-refractivity contribution < 1.29 is 13.2 Å². The predicted octanol–water partition coefficient (Wildman–Crippen LogP) is 2.31. The Labute approximate surface area is 122 Å². The van der Waals surface area contributed by atoms with E-state index in [1.54, 1.807) is 20.8 Å². The molecule has 0 spiro atoms. The summed E-state index contributed by atoms with van der Waals surface area (Å²) in [5.41, 5.74) is 2.20. The van der Waals surface area contributed by atoms with Gasteiger partial charge in [-0.1, -0.05) is 17.7 Å². The van der Waals surface area contributed by atoms with Gasteiger partial charge in [0.25, 0.3) is 0 Å². The summed E-state index contributed by atoms with van der Waals surface area (Å²) in [7, 11) is -1.27. The lowest BCUT2D eigenvalue weighted by molar-refractivity contribution is 0.335. The standard InChI is InChI=1S/C15H25NO3S/c1-12-6-7-14(13(10-12)11-16-5)19-8-9-20(17,18)15(2,3)4/h6-7,10,16H,8-9,11H2,1-5H3. The molecule has 0 saturated heterocycles. The molecule has 0 atom stereocenters. The summed E-state index contributed by atoms with van der Waals surface area (Å²) in [4.78, 5) is 0. The molecule has 0 fully saturated rings. The largest absolute Gasteiger partial charge is 0.492 e. The van der Waals surface area contributed by atoms with Crippen molar-refractivity contribution in [1.29, 1.82) is 0 Å². The Kier molecular flexibility index (Phi) is 5.59. The van der Waals surface area contributed by atoms with Crippen LogP contribution in [0.25, 0.3) is 0 Å². The molecule has 0 aliphatic carbocycles. The Hall–Kier alpha value is -1.07. The number of rotatable bonds is 6. The van der Waals surface area contributed by atoms with Crippen molar-refractivity contribution in [3.05, 3.63) is 29.3 Å². The van der Waals surface area contributed by atoms with E-state index in [0.717, 1.165) is 16.9 Å². The summed E-state index contributed by atoms with van der Waals surface area (Å²) in [5, 5.41) is 3.08. The Morgan fingerprint density at radius 2 is 1.90 bits per heavy atom. The van der Waals surface area contributed by atoms with Crippen LogP contribution in [0.15, 0.2) is 18.2 Å². The molecule has 1 rings (SSSR count). The monoisotopic (exact) mass is 299 g/mol. The van der Waals surface area contributed by atoms with E-state index >= 15 is 0 Å². The normalized spacial score (nSPS) is 12.4. The van der Waals surface area contributed by atoms with Crippen LogP contribution in [0, 0.1) is 6.92 Å². The summed E-state index contributed by atoms with van der Waals surface area (Å²) in [6.45, 7) is 8.03. The number of sulfone groups is 1. The quantitative estimate of drug-likeness (QED) is 0.876. The molecule has 0 amide bonds. The molecule has 0 aliphatic rings. The first kappa shape index (κ1) is 17.0. The van der Waals surface area contributed by atoms with Gasteiger partial charge in [0.15, 0.2) is 9.84 Å². The number of nitrogens with one attached hydrogen (secondary N) is 1. The molecule has 114 valence electrons. The zero-order valence-corrected chi connectivity index (χ0v) is 13.8. The third-order valence-corrected chi connectivity index (χ3v) is 5.70. The zero-order valence-electron chi connectivity index (χ0n) is 13.0. The number of hydrogen-bond donors (Lipinski definition) is 1. The van der Waals surface area contributed by atoms with E-state index in [4.69, 9.17) is 4.74 Å². The van der Waals surface area contributed by atoms with Gasteiger partial charge in [-0.2, -0.15) is 0 Å². The highest BCUT2D eigenvalue weighted by Gasteiger charge is 2.28. The van der Waals surface area contributed by atoms with E-state index < -0.39 is 14.6 Å². The summed E-state index contributed by atoms with van der Waals surface area (Å²) in [6, 6.07) is 5.91. The maximum atomic E-state index is 12.0. The minimum atomic E-state index is -3.14. The van der Waals surface area contributed by atoms with Gasteiger partial charge in [-0.15, -0.1) is 0 Å². The van der Waals surface area contributed by atoms with Crippen molar-refractivity contribution in [1.82, 2.24) is 5.32 Å². The van der Waals surface area contributed by atoms with Crippen LogP contribution in [0.4, 0.5) is 0 Å². The Morgan fingerprint density at radius 3 is 2.45 bits per heavy atom. The van der Waals surface area contributed by atoms with Gasteiger partial charge in [-0.25, -0.2) is 8.42 Å². The Morgan fingerprint density at radius 1 is 1.25 bits per heavy atom. The highest BCUT2D eigenvalue weighted by Crippen LogP contribution is 2.21. The van der Waals surface area contributed by atoms with Crippen molar-refractivity contribution in [2.24, 2.45) is 0 Å². The number of aryl methyl sites for hydroxylation is 1. The Bertz CT molecular complexity index is 545. The molecule has 0 aromatic heterocycles. The number of benzene rings is 1. The van der Waals surface area contributed by atoms with Gasteiger partial charge in [-0.3, -0.25) is 0 Å². The molecule has 0 unspecified atom stereocenters. The average molecular weight is 299 g/mol. The second-order valence-corrected chi connectivity index (χ2v) is 8.78. The fourth-order valence-electron chi connectivity index (χ4n) is 1.75. The third-order valence-electron chi connectivity index (χ3n) is 3.13. The fraction of sp³-hybridized carbons (Fsp3) is 0.600. The van der Waals surface area contributed by atoms with Crippen molar-refractivity contribution >= 4 is 9.84 Å². The first-order chi connectivity index (χ1) is 9.17. The first-order valence-electron chi connectivity index (χ1n) is 6.76. The smallest absolute Gasteiger partial charge is 0.158 e. The van der Waals surface area contributed by atoms with Crippen molar-refractivity contribution in [2.75, 3.05) is 19.4 Å². The molecule has 0 bridgehead atoms. The SMILES string of the molecule is CNCc1cc(C)ccc1OCCS(=O)(=O)C(C)(C)C. The summed E-state index contributed by atoms with van der Waals surface area (Å²) in [6.07, 6.45) is 0. The van der Waals surface area contributed by atoms with Gasteiger partial charge in [-0.05, 0) is 40.8 Å². The first-order valence-corrected chi connectivity index (χ1v) is 8.42. The molecule has 0 saturated carbocycles. The third kappa shape index (κ3) is 4.49. The molecule has 0 heterocycles. The highest BCUT2D eigenvalue weighted by atomic mass is 32.2. The van der Waals surface area contributed by atoms with Crippen LogP contribution in [0.3, 0.4) is 0 Å². The minimum absolute atomic E-state index is 0.0311. The zero-order chi connectivity index (χ0) is 15.4. The molecular weight excluding hydrogens is 274 g/mol. The second kappa shape index (κ2) is 6.59. The van der Waals surface area contributed by atoms with Gasteiger partial charge >= 0.3 is 0 Å².